The lowest BCUT2D eigenvalue weighted by Gasteiger charge is -2.07. The molecule has 0 aliphatic carbocycles. The average Bonchev–Trinajstić information content (AvgIpc) is 2.96. The van der Waals surface area contributed by atoms with E-state index >= 15 is 0 Å². The summed E-state index contributed by atoms with van der Waals surface area (Å²) in [5.41, 5.74) is 0.114. The molecule has 128 valence electrons. The van der Waals surface area contributed by atoms with Crippen molar-refractivity contribution in [3.05, 3.63) is 40.2 Å². The van der Waals surface area contributed by atoms with Crippen LogP contribution in [0.5, 0.6) is 0 Å². The zero-order chi connectivity index (χ0) is 17.5. The summed E-state index contributed by atoms with van der Waals surface area (Å²) < 4.78 is 1.66. The number of aromatic nitrogens is 3. The summed E-state index contributed by atoms with van der Waals surface area (Å²) in [5, 5.41) is 25.3. The molecule has 0 saturated carbocycles. The van der Waals surface area contributed by atoms with E-state index in [2.05, 4.69) is 20.8 Å². The fraction of sp³-hybridized carbons (Fsp3) is 0.357. The van der Waals surface area contributed by atoms with Crippen LogP contribution >= 0.6 is 11.8 Å². The lowest BCUT2D eigenvalue weighted by Crippen LogP contribution is -2.31. The maximum Gasteiger partial charge on any atom is 0.284 e. The van der Waals surface area contributed by atoms with Gasteiger partial charge in [-0.2, -0.15) is 0 Å². The Bertz CT molecular complexity index is 733. The highest BCUT2D eigenvalue weighted by molar-refractivity contribution is 7.99. The minimum Gasteiger partial charge on any atom is -0.351 e. The van der Waals surface area contributed by atoms with Gasteiger partial charge in [0, 0.05) is 31.8 Å². The van der Waals surface area contributed by atoms with Gasteiger partial charge in [-0.15, -0.1) is 10.2 Å². The van der Waals surface area contributed by atoms with E-state index in [1.54, 1.807) is 23.7 Å². The van der Waals surface area contributed by atoms with Crippen LogP contribution in [0.3, 0.4) is 0 Å². The van der Waals surface area contributed by atoms with Crippen LogP contribution in [0, 0.1) is 10.1 Å². The second kappa shape index (κ2) is 8.41. The lowest BCUT2D eigenvalue weighted by molar-refractivity contribution is -0.387. The van der Waals surface area contributed by atoms with E-state index in [-0.39, 0.29) is 17.2 Å². The summed E-state index contributed by atoms with van der Waals surface area (Å²) >= 11 is 1.13. The van der Waals surface area contributed by atoms with Crippen LogP contribution in [-0.2, 0) is 7.05 Å². The van der Waals surface area contributed by atoms with Gasteiger partial charge in [0.05, 0.1) is 9.82 Å². The SMILES string of the molecule is CCNCCNC(=O)c1ccc(Sc2nncn2C)c([N+](=O)[O-])c1. The number of carbonyl (C=O) groups is 1. The lowest BCUT2D eigenvalue weighted by atomic mass is 10.2. The number of nitro groups is 1. The number of nitrogens with one attached hydrogen (secondary N) is 2. The highest BCUT2D eigenvalue weighted by atomic mass is 32.2. The predicted octanol–water partition coefficient (Wildman–Crippen LogP) is 1.21. The molecule has 1 amide bonds. The van der Waals surface area contributed by atoms with Gasteiger partial charge in [-0.3, -0.25) is 14.9 Å². The molecule has 2 rings (SSSR count). The van der Waals surface area contributed by atoms with E-state index in [0.717, 1.165) is 18.3 Å². The van der Waals surface area contributed by atoms with Crippen LogP contribution in [0.2, 0.25) is 0 Å². The van der Waals surface area contributed by atoms with Gasteiger partial charge in [-0.1, -0.05) is 6.92 Å². The van der Waals surface area contributed by atoms with Crippen LogP contribution in [0.25, 0.3) is 0 Å². The molecule has 0 aliphatic rings. The van der Waals surface area contributed by atoms with Crippen molar-refractivity contribution in [3.63, 3.8) is 0 Å². The first-order chi connectivity index (χ1) is 11.5. The molecule has 2 aromatic rings. The molecular weight excluding hydrogens is 332 g/mol. The van der Waals surface area contributed by atoms with Gasteiger partial charge in [-0.05, 0) is 30.4 Å². The number of amides is 1. The molecule has 24 heavy (non-hydrogen) atoms. The molecule has 10 heteroatoms. The number of nitrogens with zero attached hydrogens (tertiary/aromatic N) is 4. The number of carbonyl (C=O) groups excluding carboxylic acids is 1. The Morgan fingerprint density at radius 2 is 2.21 bits per heavy atom. The number of hydrogen-bond acceptors (Lipinski definition) is 7. The number of likely N-dealkylation sites (N-methyl/N-ethyl adjacent to an activating group) is 1. The van der Waals surface area contributed by atoms with Crippen LogP contribution < -0.4 is 10.6 Å². The molecule has 0 aliphatic heterocycles. The van der Waals surface area contributed by atoms with E-state index in [1.165, 1.54) is 12.4 Å². The highest BCUT2D eigenvalue weighted by Gasteiger charge is 2.19. The third-order valence-electron chi connectivity index (χ3n) is 3.13. The molecule has 0 radical (unpaired) electrons. The first-order valence-corrected chi connectivity index (χ1v) is 8.13. The van der Waals surface area contributed by atoms with Crippen LogP contribution in [0.15, 0.2) is 34.6 Å². The molecule has 1 aromatic carbocycles. The van der Waals surface area contributed by atoms with Gasteiger partial charge in [0.25, 0.3) is 11.6 Å². The number of benzene rings is 1. The Kier molecular flexibility index (Phi) is 6.27. The van der Waals surface area contributed by atoms with Gasteiger partial charge in [0.1, 0.15) is 6.33 Å². The van der Waals surface area contributed by atoms with Crippen molar-refractivity contribution in [2.75, 3.05) is 19.6 Å². The zero-order valence-electron chi connectivity index (χ0n) is 13.4. The van der Waals surface area contributed by atoms with E-state index in [4.69, 9.17) is 0 Å². The first-order valence-electron chi connectivity index (χ1n) is 7.32. The second-order valence-corrected chi connectivity index (χ2v) is 5.88. The number of hydrogen-bond donors (Lipinski definition) is 2. The summed E-state index contributed by atoms with van der Waals surface area (Å²) in [4.78, 5) is 23.3. The Morgan fingerprint density at radius 1 is 1.42 bits per heavy atom. The largest absolute Gasteiger partial charge is 0.351 e. The molecule has 2 N–H and O–H groups in total. The normalized spacial score (nSPS) is 10.6. The van der Waals surface area contributed by atoms with Crippen molar-refractivity contribution < 1.29 is 9.72 Å². The Labute approximate surface area is 143 Å². The fourth-order valence-electron chi connectivity index (χ4n) is 1.89. The third kappa shape index (κ3) is 4.52. The summed E-state index contributed by atoms with van der Waals surface area (Å²) in [6, 6.07) is 4.40. The van der Waals surface area contributed by atoms with Gasteiger partial charge < -0.3 is 15.2 Å². The van der Waals surface area contributed by atoms with Crippen molar-refractivity contribution in [1.29, 1.82) is 0 Å². The van der Waals surface area contributed by atoms with E-state index in [1.807, 2.05) is 6.92 Å². The molecule has 1 heterocycles. The molecule has 0 saturated heterocycles. The topological polar surface area (TPSA) is 115 Å². The molecule has 0 unspecified atom stereocenters. The minimum absolute atomic E-state index is 0.137. The Morgan fingerprint density at radius 3 is 2.83 bits per heavy atom. The third-order valence-corrected chi connectivity index (χ3v) is 4.24. The smallest absolute Gasteiger partial charge is 0.284 e. The van der Waals surface area contributed by atoms with Crippen molar-refractivity contribution in [2.45, 2.75) is 17.0 Å². The molecule has 0 atom stereocenters. The van der Waals surface area contributed by atoms with Gasteiger partial charge >= 0.3 is 0 Å². The first kappa shape index (κ1) is 17.9. The van der Waals surface area contributed by atoms with Gasteiger partial charge in [0.2, 0.25) is 0 Å². The van der Waals surface area contributed by atoms with Gasteiger partial charge in [0.15, 0.2) is 5.16 Å². The van der Waals surface area contributed by atoms with Crippen molar-refractivity contribution in [2.24, 2.45) is 7.05 Å². The van der Waals surface area contributed by atoms with Crippen molar-refractivity contribution in [1.82, 2.24) is 25.4 Å². The summed E-state index contributed by atoms with van der Waals surface area (Å²) in [7, 11) is 1.75. The van der Waals surface area contributed by atoms with E-state index < -0.39 is 4.92 Å². The fourth-order valence-corrected chi connectivity index (χ4v) is 2.74. The Balaban J connectivity index is 2.15. The highest BCUT2D eigenvalue weighted by Crippen LogP contribution is 2.34. The summed E-state index contributed by atoms with van der Waals surface area (Å²) in [6.07, 6.45) is 1.51. The second-order valence-electron chi connectivity index (χ2n) is 4.88. The van der Waals surface area contributed by atoms with Crippen LogP contribution in [0.4, 0.5) is 5.69 Å². The number of rotatable bonds is 8. The monoisotopic (exact) mass is 350 g/mol. The van der Waals surface area contributed by atoms with Crippen molar-refractivity contribution >= 4 is 23.4 Å². The minimum atomic E-state index is -0.506. The zero-order valence-corrected chi connectivity index (χ0v) is 14.2. The molecule has 1 aromatic heterocycles. The standard InChI is InChI=1S/C14H18N6O3S/c1-3-15-6-7-16-13(21)10-4-5-12(11(8-10)20(22)23)24-14-18-17-9-19(14)2/h4-5,8-9,15H,3,6-7H2,1-2H3,(H,16,21). The Hall–Kier alpha value is -2.46. The van der Waals surface area contributed by atoms with Crippen LogP contribution in [-0.4, -0.2) is 45.2 Å². The van der Waals surface area contributed by atoms with E-state index in [9.17, 15) is 14.9 Å². The van der Waals surface area contributed by atoms with Crippen molar-refractivity contribution in [3.8, 4) is 0 Å². The maximum absolute atomic E-state index is 12.1. The quantitative estimate of drug-likeness (QED) is 0.418. The predicted molar refractivity (Wildman–Crippen MR) is 89.1 cm³/mol. The molecule has 0 spiro atoms. The van der Waals surface area contributed by atoms with Gasteiger partial charge in [-0.25, -0.2) is 0 Å². The molecular formula is C14H18N6O3S. The number of aryl methyl sites for hydroxylation is 1. The van der Waals surface area contributed by atoms with E-state index in [0.29, 0.717) is 23.1 Å². The maximum atomic E-state index is 12.1. The average molecular weight is 350 g/mol. The molecule has 0 fully saturated rings. The molecule has 9 nitrogen and oxygen atoms in total. The van der Waals surface area contributed by atoms with Crippen LogP contribution in [0.1, 0.15) is 17.3 Å². The number of nitro benzene ring substituents is 1. The molecule has 0 bridgehead atoms. The summed E-state index contributed by atoms with van der Waals surface area (Å²) in [6.45, 7) is 3.88. The summed E-state index contributed by atoms with van der Waals surface area (Å²) in [5.74, 6) is -0.341.